The molecule has 3 aromatic carbocycles. The molecule has 10 heteroatoms. The minimum Gasteiger partial charge on any atom is -0.489 e. The van der Waals surface area contributed by atoms with Crippen molar-refractivity contribution < 1.29 is 19.1 Å². The molecule has 0 spiro atoms. The van der Waals surface area contributed by atoms with Crippen LogP contribution in [0.25, 0.3) is 0 Å². The first-order valence-corrected chi connectivity index (χ1v) is 13.1. The van der Waals surface area contributed by atoms with E-state index in [2.05, 4.69) is 38.4 Å². The summed E-state index contributed by atoms with van der Waals surface area (Å²) in [4.78, 5) is 26.1. The first-order valence-electron chi connectivity index (χ1n) is 11.6. The molecule has 2 amide bonds. The van der Waals surface area contributed by atoms with E-state index in [0.717, 1.165) is 10.0 Å². The van der Waals surface area contributed by atoms with Crippen LogP contribution in [0, 0.1) is 0 Å². The van der Waals surface area contributed by atoms with Gasteiger partial charge in [0.05, 0.1) is 11.2 Å². The molecule has 0 aliphatic heterocycles. The average Bonchev–Trinajstić information content (AvgIpc) is 2.89. The van der Waals surface area contributed by atoms with Gasteiger partial charge < -0.3 is 14.8 Å². The van der Waals surface area contributed by atoms with E-state index in [4.69, 9.17) is 32.7 Å². The molecule has 3 rings (SSSR count). The maximum Gasteiger partial charge on any atom is 0.262 e. The molecule has 0 aliphatic carbocycles. The van der Waals surface area contributed by atoms with Crippen LogP contribution in [0.3, 0.4) is 0 Å². The maximum atomic E-state index is 13.1. The van der Waals surface area contributed by atoms with Crippen molar-refractivity contribution in [3.05, 3.63) is 105 Å². The number of hydrogen-bond donors (Lipinski definition) is 2. The predicted molar refractivity (Wildman–Crippen MR) is 154 cm³/mol. The molecule has 2 atom stereocenters. The molecule has 0 unspecified atom stereocenters. The molecule has 7 nitrogen and oxygen atoms in total. The lowest BCUT2D eigenvalue weighted by Gasteiger charge is -2.21. The Morgan fingerprint density at radius 1 is 1.05 bits per heavy atom. The van der Waals surface area contributed by atoms with Gasteiger partial charge in [0.25, 0.3) is 11.8 Å². The second-order valence-electron chi connectivity index (χ2n) is 8.10. The number of carbonyl (C=O) groups is 2. The van der Waals surface area contributed by atoms with Crippen LogP contribution in [-0.4, -0.2) is 36.8 Å². The van der Waals surface area contributed by atoms with Crippen LogP contribution in [0.4, 0.5) is 0 Å². The molecular weight excluding hydrogens is 593 g/mol. The second kappa shape index (κ2) is 14.6. The van der Waals surface area contributed by atoms with Gasteiger partial charge in [-0.1, -0.05) is 82.1 Å². The van der Waals surface area contributed by atoms with Gasteiger partial charge in [0.2, 0.25) is 0 Å². The van der Waals surface area contributed by atoms with Crippen LogP contribution in [0.15, 0.2) is 89.0 Å². The highest BCUT2D eigenvalue weighted by Gasteiger charge is 2.25. The Morgan fingerprint density at radius 2 is 1.79 bits per heavy atom. The van der Waals surface area contributed by atoms with Crippen LogP contribution in [0.5, 0.6) is 11.5 Å². The number of hydrazone groups is 1. The topological polar surface area (TPSA) is 89.0 Å². The van der Waals surface area contributed by atoms with Crippen molar-refractivity contribution in [1.29, 1.82) is 0 Å². The molecule has 198 valence electrons. The standard InChI is InChI=1S/C28H26BrCl2N3O4/c1-3-13-37-25-11-9-21(29)15-20(25)17-32-34-28(36)24(14-19-7-5-4-6-8-19)33-27(35)18(2)38-26-12-10-22(30)16-23(26)31/h3-12,15-18,24H,1,13-14H2,2H3,(H,33,35)(H,34,36)/b32-17-/t18-,24-/m1/s1. The van der Waals surface area contributed by atoms with Crippen LogP contribution >= 0.6 is 39.1 Å². The quantitative estimate of drug-likeness (QED) is 0.149. The number of ether oxygens (including phenoxy) is 2. The number of benzene rings is 3. The zero-order valence-corrected chi connectivity index (χ0v) is 23.6. The summed E-state index contributed by atoms with van der Waals surface area (Å²) < 4.78 is 12.2. The lowest BCUT2D eigenvalue weighted by Crippen LogP contribution is -2.50. The van der Waals surface area contributed by atoms with Gasteiger partial charge in [0.1, 0.15) is 24.1 Å². The first kappa shape index (κ1) is 29.2. The fraction of sp³-hybridized carbons (Fsp3) is 0.179. The smallest absolute Gasteiger partial charge is 0.262 e. The van der Waals surface area contributed by atoms with E-state index in [1.54, 1.807) is 37.3 Å². The SMILES string of the molecule is C=CCOc1ccc(Br)cc1/C=N\NC(=O)[C@@H](Cc1ccccc1)NC(=O)[C@@H](C)Oc1ccc(Cl)cc1Cl. The van der Waals surface area contributed by atoms with E-state index in [9.17, 15) is 9.59 Å². The highest BCUT2D eigenvalue weighted by atomic mass is 79.9. The second-order valence-corrected chi connectivity index (χ2v) is 9.86. The van der Waals surface area contributed by atoms with Gasteiger partial charge in [-0.2, -0.15) is 5.10 Å². The molecular formula is C28H26BrCl2N3O4. The average molecular weight is 619 g/mol. The summed E-state index contributed by atoms with van der Waals surface area (Å²) in [6.07, 6.45) is 2.41. The summed E-state index contributed by atoms with van der Waals surface area (Å²) >= 11 is 15.5. The zero-order chi connectivity index (χ0) is 27.5. The molecule has 0 radical (unpaired) electrons. The Bertz CT molecular complexity index is 1300. The summed E-state index contributed by atoms with van der Waals surface area (Å²) in [5.41, 5.74) is 4.02. The fourth-order valence-corrected chi connectivity index (χ4v) is 4.14. The van der Waals surface area contributed by atoms with Gasteiger partial charge >= 0.3 is 0 Å². The number of rotatable bonds is 12. The molecule has 0 heterocycles. The largest absolute Gasteiger partial charge is 0.489 e. The summed E-state index contributed by atoms with van der Waals surface area (Å²) in [5, 5.41) is 7.56. The van der Waals surface area contributed by atoms with E-state index in [0.29, 0.717) is 28.7 Å². The number of amides is 2. The van der Waals surface area contributed by atoms with Gasteiger partial charge in [-0.3, -0.25) is 9.59 Å². The van der Waals surface area contributed by atoms with Crippen LogP contribution in [0.1, 0.15) is 18.1 Å². The summed E-state index contributed by atoms with van der Waals surface area (Å²) in [5.74, 6) is -0.120. The number of hydrogen-bond acceptors (Lipinski definition) is 5. The van der Waals surface area contributed by atoms with Crippen molar-refractivity contribution in [2.24, 2.45) is 5.10 Å². The Balaban J connectivity index is 1.72. The molecule has 0 aliphatic rings. The fourth-order valence-electron chi connectivity index (χ4n) is 3.31. The third-order valence-electron chi connectivity index (χ3n) is 5.19. The van der Waals surface area contributed by atoms with E-state index in [1.165, 1.54) is 12.3 Å². The molecule has 3 aromatic rings. The molecule has 0 saturated carbocycles. The summed E-state index contributed by atoms with van der Waals surface area (Å²) in [6.45, 7) is 5.53. The number of nitrogens with one attached hydrogen (secondary N) is 2. The van der Waals surface area contributed by atoms with Crippen LogP contribution in [-0.2, 0) is 16.0 Å². The Morgan fingerprint density at radius 3 is 2.50 bits per heavy atom. The van der Waals surface area contributed by atoms with E-state index < -0.39 is 24.0 Å². The third-order valence-corrected chi connectivity index (χ3v) is 6.21. The Labute approximate surface area is 239 Å². The molecule has 0 aromatic heterocycles. The van der Waals surface area contributed by atoms with E-state index in [-0.39, 0.29) is 11.4 Å². The normalized spacial score (nSPS) is 12.4. The first-order chi connectivity index (χ1) is 18.3. The van der Waals surface area contributed by atoms with Gasteiger partial charge in [-0.05, 0) is 48.9 Å². The Hall–Kier alpha value is -3.33. The number of carbonyl (C=O) groups excluding carboxylic acids is 2. The molecule has 2 N–H and O–H groups in total. The molecule has 38 heavy (non-hydrogen) atoms. The van der Waals surface area contributed by atoms with Crippen molar-refractivity contribution >= 4 is 57.2 Å². The van der Waals surface area contributed by atoms with Gasteiger partial charge in [0, 0.05) is 21.5 Å². The lowest BCUT2D eigenvalue weighted by atomic mass is 10.1. The predicted octanol–water partition coefficient (Wildman–Crippen LogP) is 5.97. The highest BCUT2D eigenvalue weighted by molar-refractivity contribution is 9.10. The van der Waals surface area contributed by atoms with Crippen LogP contribution < -0.4 is 20.2 Å². The van der Waals surface area contributed by atoms with Crippen molar-refractivity contribution in [3.8, 4) is 11.5 Å². The zero-order valence-electron chi connectivity index (χ0n) is 20.5. The number of nitrogens with zero attached hydrogens (tertiary/aromatic N) is 1. The van der Waals surface area contributed by atoms with Crippen molar-refractivity contribution in [1.82, 2.24) is 10.7 Å². The van der Waals surface area contributed by atoms with Crippen molar-refractivity contribution in [2.45, 2.75) is 25.5 Å². The molecule has 0 bridgehead atoms. The Kier molecular flexibility index (Phi) is 11.2. The van der Waals surface area contributed by atoms with E-state index in [1.807, 2.05) is 36.4 Å². The molecule has 0 saturated heterocycles. The van der Waals surface area contributed by atoms with Crippen LogP contribution in [0.2, 0.25) is 10.0 Å². The monoisotopic (exact) mass is 617 g/mol. The van der Waals surface area contributed by atoms with Gasteiger partial charge in [-0.15, -0.1) is 0 Å². The minimum atomic E-state index is -0.936. The van der Waals surface area contributed by atoms with Crippen molar-refractivity contribution in [2.75, 3.05) is 6.61 Å². The van der Waals surface area contributed by atoms with Crippen molar-refractivity contribution in [3.63, 3.8) is 0 Å². The summed E-state index contributed by atoms with van der Waals surface area (Å²) in [6, 6.07) is 18.5. The summed E-state index contributed by atoms with van der Waals surface area (Å²) in [7, 11) is 0. The minimum absolute atomic E-state index is 0.243. The lowest BCUT2D eigenvalue weighted by molar-refractivity contribution is -0.132. The number of halogens is 3. The maximum absolute atomic E-state index is 13.1. The highest BCUT2D eigenvalue weighted by Crippen LogP contribution is 2.28. The third kappa shape index (κ3) is 8.90. The molecule has 0 fully saturated rings. The van der Waals surface area contributed by atoms with Gasteiger partial charge in [0.15, 0.2) is 6.10 Å². The van der Waals surface area contributed by atoms with Gasteiger partial charge in [-0.25, -0.2) is 5.43 Å². The van der Waals surface area contributed by atoms with E-state index >= 15 is 0 Å².